The van der Waals surface area contributed by atoms with Crippen molar-refractivity contribution >= 4 is 45.9 Å². The van der Waals surface area contributed by atoms with E-state index in [1.54, 1.807) is 24.3 Å². The molecule has 0 spiro atoms. The Morgan fingerprint density at radius 3 is 2.05 bits per heavy atom. The normalized spacial score (nSPS) is 10.2. The Labute approximate surface area is 126 Å². The summed E-state index contributed by atoms with van der Waals surface area (Å²) in [4.78, 5) is 11.7. The van der Waals surface area contributed by atoms with Crippen molar-refractivity contribution in [1.82, 2.24) is 0 Å². The summed E-state index contributed by atoms with van der Waals surface area (Å²) < 4.78 is 0. The lowest BCUT2D eigenvalue weighted by Gasteiger charge is -2.05. The lowest BCUT2D eigenvalue weighted by Crippen LogP contribution is -2.04. The van der Waals surface area contributed by atoms with Crippen LogP contribution < -0.4 is 5.32 Å². The molecule has 5 heteroatoms. The average molecular weight is 312 g/mol. The molecule has 0 radical (unpaired) electrons. The van der Waals surface area contributed by atoms with Crippen molar-refractivity contribution < 1.29 is 4.79 Å². The minimum atomic E-state index is -0.0997. The molecule has 2 aromatic carbocycles. The van der Waals surface area contributed by atoms with E-state index in [4.69, 9.17) is 23.2 Å². The van der Waals surface area contributed by atoms with E-state index in [9.17, 15) is 4.79 Å². The molecule has 0 atom stereocenters. The minimum Gasteiger partial charge on any atom is -0.317 e. The van der Waals surface area contributed by atoms with Crippen molar-refractivity contribution in [2.45, 2.75) is 5.75 Å². The monoisotopic (exact) mass is 311 g/mol. The quantitative estimate of drug-likeness (QED) is 0.815. The summed E-state index contributed by atoms with van der Waals surface area (Å²) in [7, 11) is 0. The van der Waals surface area contributed by atoms with Crippen LogP contribution in [0.2, 0.25) is 10.0 Å². The van der Waals surface area contributed by atoms with Gasteiger partial charge in [-0.1, -0.05) is 47.1 Å². The van der Waals surface area contributed by atoms with Crippen LogP contribution in [0.25, 0.3) is 0 Å². The maximum absolute atomic E-state index is 11.7. The van der Waals surface area contributed by atoms with Gasteiger partial charge in [0.1, 0.15) is 0 Å². The predicted octanol–water partition coefficient (Wildman–Crippen LogP) is 5.46. The molecule has 2 nitrogen and oxygen atoms in total. The van der Waals surface area contributed by atoms with Crippen LogP contribution in [0.4, 0.5) is 10.5 Å². The first-order valence-electron chi connectivity index (χ1n) is 5.57. The molecular weight excluding hydrogens is 301 g/mol. The van der Waals surface area contributed by atoms with Crippen molar-refractivity contribution in [1.29, 1.82) is 0 Å². The largest absolute Gasteiger partial charge is 0.317 e. The van der Waals surface area contributed by atoms with Gasteiger partial charge in [-0.2, -0.15) is 0 Å². The highest BCUT2D eigenvalue weighted by molar-refractivity contribution is 8.13. The third kappa shape index (κ3) is 4.78. The Morgan fingerprint density at radius 2 is 1.47 bits per heavy atom. The predicted molar refractivity (Wildman–Crippen MR) is 83.2 cm³/mol. The van der Waals surface area contributed by atoms with Gasteiger partial charge < -0.3 is 5.32 Å². The molecule has 0 fully saturated rings. The van der Waals surface area contributed by atoms with Gasteiger partial charge in [-0.25, -0.2) is 0 Å². The van der Waals surface area contributed by atoms with Crippen molar-refractivity contribution in [2.24, 2.45) is 0 Å². The summed E-state index contributed by atoms with van der Waals surface area (Å²) in [6.07, 6.45) is 0. The SMILES string of the molecule is O=C(Nc1ccc(Cl)cc1)SCc1ccc(Cl)cc1. The summed E-state index contributed by atoms with van der Waals surface area (Å²) in [6, 6.07) is 14.5. The summed E-state index contributed by atoms with van der Waals surface area (Å²) in [6.45, 7) is 0. The molecule has 0 bridgehead atoms. The zero-order valence-electron chi connectivity index (χ0n) is 9.90. The first-order chi connectivity index (χ1) is 9.13. The highest BCUT2D eigenvalue weighted by Gasteiger charge is 2.04. The first-order valence-corrected chi connectivity index (χ1v) is 7.31. The van der Waals surface area contributed by atoms with Crippen molar-refractivity contribution in [3.63, 3.8) is 0 Å². The molecule has 0 aliphatic heterocycles. The van der Waals surface area contributed by atoms with Gasteiger partial charge in [-0.3, -0.25) is 4.79 Å². The number of amides is 1. The number of benzene rings is 2. The molecule has 1 N–H and O–H groups in total. The third-order valence-electron chi connectivity index (χ3n) is 2.37. The van der Waals surface area contributed by atoms with Crippen LogP contribution in [0.1, 0.15) is 5.56 Å². The van der Waals surface area contributed by atoms with E-state index in [1.807, 2.05) is 24.3 Å². The summed E-state index contributed by atoms with van der Waals surface area (Å²) in [5.74, 6) is 0.608. The highest BCUT2D eigenvalue weighted by Crippen LogP contribution is 2.19. The van der Waals surface area contributed by atoms with E-state index in [0.29, 0.717) is 15.8 Å². The van der Waals surface area contributed by atoms with E-state index in [0.717, 1.165) is 11.3 Å². The standard InChI is InChI=1S/C14H11Cl2NOS/c15-11-3-1-10(2-4-11)9-19-14(18)17-13-7-5-12(16)6-8-13/h1-8H,9H2,(H,17,18). The van der Waals surface area contributed by atoms with Crippen molar-refractivity contribution in [3.05, 3.63) is 64.1 Å². The number of halogens is 2. The van der Waals surface area contributed by atoms with E-state index in [1.165, 1.54) is 11.8 Å². The van der Waals surface area contributed by atoms with Gasteiger partial charge >= 0.3 is 0 Å². The fourth-order valence-electron chi connectivity index (χ4n) is 1.42. The van der Waals surface area contributed by atoms with Gasteiger partial charge in [0.15, 0.2) is 0 Å². The number of thioether (sulfide) groups is 1. The third-order valence-corrected chi connectivity index (χ3v) is 3.72. The Morgan fingerprint density at radius 1 is 0.947 bits per heavy atom. The lowest BCUT2D eigenvalue weighted by molar-refractivity contribution is 0.269. The van der Waals surface area contributed by atoms with Gasteiger partial charge in [0.05, 0.1) is 0 Å². The van der Waals surface area contributed by atoms with Gasteiger partial charge in [0.25, 0.3) is 5.24 Å². The molecule has 0 unspecified atom stereocenters. The second kappa shape index (κ2) is 6.85. The Bertz CT molecular complexity index is 555. The number of carbonyl (C=O) groups is 1. The molecule has 0 saturated carbocycles. The second-order valence-electron chi connectivity index (χ2n) is 3.83. The average Bonchev–Trinajstić information content (AvgIpc) is 2.41. The van der Waals surface area contributed by atoms with Gasteiger partial charge in [0.2, 0.25) is 0 Å². The number of carbonyl (C=O) groups excluding carboxylic acids is 1. The van der Waals surface area contributed by atoms with Crippen molar-refractivity contribution in [2.75, 3.05) is 5.32 Å². The summed E-state index contributed by atoms with van der Waals surface area (Å²) >= 11 is 12.8. The molecule has 0 aromatic heterocycles. The van der Waals surface area contributed by atoms with Crippen LogP contribution in [0.15, 0.2) is 48.5 Å². The molecule has 19 heavy (non-hydrogen) atoms. The Balaban J connectivity index is 1.84. The number of hydrogen-bond acceptors (Lipinski definition) is 2. The number of nitrogens with one attached hydrogen (secondary N) is 1. The van der Waals surface area contributed by atoms with Crippen LogP contribution >= 0.6 is 35.0 Å². The van der Waals surface area contributed by atoms with Crippen LogP contribution in [-0.2, 0) is 5.75 Å². The zero-order valence-corrected chi connectivity index (χ0v) is 12.2. The molecule has 2 aromatic rings. The Hall–Kier alpha value is -1.16. The van der Waals surface area contributed by atoms with Crippen molar-refractivity contribution in [3.8, 4) is 0 Å². The zero-order chi connectivity index (χ0) is 13.7. The maximum atomic E-state index is 11.7. The van der Waals surface area contributed by atoms with Gasteiger partial charge in [-0.15, -0.1) is 0 Å². The van der Waals surface area contributed by atoms with Gasteiger partial charge in [0, 0.05) is 21.5 Å². The van der Waals surface area contributed by atoms with E-state index in [2.05, 4.69) is 5.32 Å². The van der Waals surface area contributed by atoms with Crippen LogP contribution in [0, 0.1) is 0 Å². The molecule has 0 heterocycles. The number of rotatable bonds is 3. The minimum absolute atomic E-state index is 0.0997. The summed E-state index contributed by atoms with van der Waals surface area (Å²) in [5.41, 5.74) is 1.79. The smallest absolute Gasteiger partial charge is 0.283 e. The van der Waals surface area contributed by atoms with Crippen LogP contribution in [0.5, 0.6) is 0 Å². The van der Waals surface area contributed by atoms with Crippen LogP contribution in [-0.4, -0.2) is 5.24 Å². The van der Waals surface area contributed by atoms with E-state index in [-0.39, 0.29) is 5.24 Å². The number of hydrogen-bond donors (Lipinski definition) is 1. The Kier molecular flexibility index (Phi) is 5.14. The molecular formula is C14H11Cl2NOS. The number of anilines is 1. The van der Waals surface area contributed by atoms with Crippen LogP contribution in [0.3, 0.4) is 0 Å². The maximum Gasteiger partial charge on any atom is 0.283 e. The fraction of sp³-hybridized carbons (Fsp3) is 0.0714. The first kappa shape index (κ1) is 14.3. The molecule has 0 saturated heterocycles. The molecule has 0 aliphatic rings. The topological polar surface area (TPSA) is 29.1 Å². The molecule has 1 amide bonds. The van der Waals surface area contributed by atoms with E-state index < -0.39 is 0 Å². The molecule has 98 valence electrons. The molecule has 0 aliphatic carbocycles. The molecule has 2 rings (SSSR count). The van der Waals surface area contributed by atoms with E-state index >= 15 is 0 Å². The second-order valence-corrected chi connectivity index (χ2v) is 5.66. The van der Waals surface area contributed by atoms with Gasteiger partial charge in [-0.05, 0) is 42.0 Å². The fourth-order valence-corrected chi connectivity index (χ4v) is 2.35. The lowest BCUT2D eigenvalue weighted by atomic mass is 10.2. The summed E-state index contributed by atoms with van der Waals surface area (Å²) in [5, 5.41) is 4.03. The highest BCUT2D eigenvalue weighted by atomic mass is 35.5.